The molecular weight excluding hydrogens is 264 g/mol. The van der Waals surface area contributed by atoms with Crippen LogP contribution in [0.4, 0.5) is 0 Å². The third-order valence-electron chi connectivity index (χ3n) is 4.39. The van der Waals surface area contributed by atoms with Crippen molar-refractivity contribution in [2.75, 3.05) is 13.1 Å². The molecule has 21 heavy (non-hydrogen) atoms. The van der Waals surface area contributed by atoms with Gasteiger partial charge in [0.25, 0.3) is 0 Å². The highest BCUT2D eigenvalue weighted by atomic mass is 16.4. The third kappa shape index (κ3) is 2.68. The molecule has 0 unspecified atom stereocenters. The fourth-order valence-electron chi connectivity index (χ4n) is 3.39. The molecule has 0 radical (unpaired) electrons. The van der Waals surface area contributed by atoms with E-state index >= 15 is 0 Å². The number of nitrogens with zero attached hydrogens (tertiary/aromatic N) is 2. The Balaban J connectivity index is 2.02. The monoisotopic (exact) mass is 286 g/mol. The predicted molar refractivity (Wildman–Crippen MR) is 83.7 cm³/mol. The standard InChI is InChI=1S/C17H22N2O2/c1-2-19-14(12-18-9-4-3-5-10-18)11-13-7-6-8-15(16(13)19)17(20)21/h6-8,11H,2-5,9-10,12H2,1H3,(H,20,21). The number of carboxylic acid groups (broad SMARTS) is 1. The molecule has 4 nitrogen and oxygen atoms in total. The lowest BCUT2D eigenvalue weighted by atomic mass is 10.1. The summed E-state index contributed by atoms with van der Waals surface area (Å²) in [4.78, 5) is 13.9. The normalized spacial score (nSPS) is 16.4. The Hall–Kier alpha value is -1.81. The van der Waals surface area contributed by atoms with E-state index in [2.05, 4.69) is 22.5 Å². The van der Waals surface area contributed by atoms with Crippen LogP contribution < -0.4 is 0 Å². The van der Waals surface area contributed by atoms with Crippen molar-refractivity contribution in [3.63, 3.8) is 0 Å². The second-order valence-corrected chi connectivity index (χ2v) is 5.77. The molecule has 1 aliphatic rings. The van der Waals surface area contributed by atoms with Crippen molar-refractivity contribution < 1.29 is 9.90 Å². The molecule has 2 aromatic rings. The van der Waals surface area contributed by atoms with Crippen LogP contribution in [0.1, 0.15) is 42.2 Å². The highest BCUT2D eigenvalue weighted by molar-refractivity contribution is 6.02. The van der Waals surface area contributed by atoms with Gasteiger partial charge >= 0.3 is 5.97 Å². The van der Waals surface area contributed by atoms with Crippen LogP contribution in [0.5, 0.6) is 0 Å². The minimum absolute atomic E-state index is 0.402. The van der Waals surface area contributed by atoms with Gasteiger partial charge in [-0.1, -0.05) is 18.6 Å². The number of hydrogen-bond donors (Lipinski definition) is 1. The van der Waals surface area contributed by atoms with E-state index in [9.17, 15) is 9.90 Å². The minimum atomic E-state index is -0.849. The van der Waals surface area contributed by atoms with E-state index in [-0.39, 0.29) is 0 Å². The molecule has 3 rings (SSSR count). The zero-order valence-corrected chi connectivity index (χ0v) is 12.5. The summed E-state index contributed by atoms with van der Waals surface area (Å²) < 4.78 is 2.16. The van der Waals surface area contributed by atoms with Gasteiger partial charge < -0.3 is 9.67 Å². The maximum absolute atomic E-state index is 11.5. The van der Waals surface area contributed by atoms with Crippen LogP contribution in [0, 0.1) is 0 Å². The van der Waals surface area contributed by atoms with Gasteiger partial charge in [-0.25, -0.2) is 4.79 Å². The van der Waals surface area contributed by atoms with E-state index in [1.165, 1.54) is 25.0 Å². The highest BCUT2D eigenvalue weighted by Crippen LogP contribution is 2.25. The Morgan fingerprint density at radius 1 is 1.24 bits per heavy atom. The Morgan fingerprint density at radius 3 is 2.67 bits per heavy atom. The Kier molecular flexibility index (Phi) is 3.97. The number of rotatable bonds is 4. The zero-order chi connectivity index (χ0) is 14.8. The quantitative estimate of drug-likeness (QED) is 0.937. The SMILES string of the molecule is CCn1c(CN2CCCCC2)cc2cccc(C(=O)O)c21. The molecule has 1 aliphatic heterocycles. The summed E-state index contributed by atoms with van der Waals surface area (Å²) in [6.45, 7) is 6.10. The summed E-state index contributed by atoms with van der Waals surface area (Å²) in [6, 6.07) is 7.69. The van der Waals surface area contributed by atoms with Gasteiger partial charge in [-0.2, -0.15) is 0 Å². The van der Waals surface area contributed by atoms with Crippen molar-refractivity contribution in [1.82, 2.24) is 9.47 Å². The fraction of sp³-hybridized carbons (Fsp3) is 0.471. The Bertz CT molecular complexity index is 654. The van der Waals surface area contributed by atoms with Crippen LogP contribution in [0.3, 0.4) is 0 Å². The molecule has 1 N–H and O–H groups in total. The zero-order valence-electron chi connectivity index (χ0n) is 12.5. The van der Waals surface area contributed by atoms with Gasteiger partial charge in [0, 0.05) is 24.2 Å². The van der Waals surface area contributed by atoms with Gasteiger partial charge in [-0.15, -0.1) is 0 Å². The van der Waals surface area contributed by atoms with Gasteiger partial charge in [-0.05, 0) is 45.0 Å². The number of aromatic nitrogens is 1. The number of carbonyl (C=O) groups is 1. The van der Waals surface area contributed by atoms with Gasteiger partial charge in [0.15, 0.2) is 0 Å². The lowest BCUT2D eigenvalue weighted by molar-refractivity contribution is 0.0698. The van der Waals surface area contributed by atoms with Crippen LogP contribution in [0.25, 0.3) is 10.9 Å². The average molecular weight is 286 g/mol. The van der Waals surface area contributed by atoms with E-state index < -0.39 is 5.97 Å². The average Bonchev–Trinajstić information content (AvgIpc) is 2.84. The molecule has 112 valence electrons. The van der Waals surface area contributed by atoms with Crippen LogP contribution in [0.2, 0.25) is 0 Å². The number of aromatic carboxylic acids is 1. The Labute approximate surface area is 125 Å². The molecule has 0 atom stereocenters. The van der Waals surface area contributed by atoms with Crippen molar-refractivity contribution in [3.05, 3.63) is 35.5 Å². The molecular formula is C17H22N2O2. The van der Waals surface area contributed by atoms with Crippen LogP contribution in [0.15, 0.2) is 24.3 Å². The number of para-hydroxylation sites is 1. The van der Waals surface area contributed by atoms with Crippen molar-refractivity contribution in [1.29, 1.82) is 0 Å². The number of carboxylic acids is 1. The third-order valence-corrected chi connectivity index (χ3v) is 4.39. The molecule has 1 fully saturated rings. The summed E-state index contributed by atoms with van der Waals surface area (Å²) in [6.07, 6.45) is 3.87. The van der Waals surface area contributed by atoms with Crippen LogP contribution in [-0.2, 0) is 13.1 Å². The second kappa shape index (κ2) is 5.90. The van der Waals surface area contributed by atoms with Gasteiger partial charge in [0.1, 0.15) is 0 Å². The van der Waals surface area contributed by atoms with Crippen molar-refractivity contribution >= 4 is 16.9 Å². The summed E-state index contributed by atoms with van der Waals surface area (Å²) in [7, 11) is 0. The smallest absolute Gasteiger partial charge is 0.337 e. The first-order valence-electron chi connectivity index (χ1n) is 7.77. The molecule has 0 saturated carbocycles. The molecule has 4 heteroatoms. The van der Waals surface area contributed by atoms with Gasteiger partial charge in [-0.3, -0.25) is 4.90 Å². The van der Waals surface area contributed by atoms with E-state index in [0.29, 0.717) is 5.56 Å². The predicted octanol–water partition coefficient (Wildman–Crippen LogP) is 3.35. The topological polar surface area (TPSA) is 45.5 Å². The molecule has 0 amide bonds. The second-order valence-electron chi connectivity index (χ2n) is 5.77. The molecule has 0 bridgehead atoms. The number of fused-ring (bicyclic) bond motifs is 1. The largest absolute Gasteiger partial charge is 0.478 e. The number of hydrogen-bond acceptors (Lipinski definition) is 2. The summed E-state index contributed by atoms with van der Waals surface area (Å²) in [5.41, 5.74) is 2.49. The lowest BCUT2D eigenvalue weighted by Crippen LogP contribution is -2.30. The molecule has 2 heterocycles. The molecule has 1 aromatic heterocycles. The number of piperidine rings is 1. The van der Waals surface area contributed by atoms with Crippen molar-refractivity contribution in [2.45, 2.75) is 39.3 Å². The summed E-state index contributed by atoms with van der Waals surface area (Å²) in [5.74, 6) is -0.849. The Morgan fingerprint density at radius 2 is 2.00 bits per heavy atom. The van der Waals surface area contributed by atoms with E-state index in [1.807, 2.05) is 12.1 Å². The first-order valence-corrected chi connectivity index (χ1v) is 7.77. The van der Waals surface area contributed by atoms with Gasteiger partial charge in [0.2, 0.25) is 0 Å². The maximum atomic E-state index is 11.5. The first kappa shape index (κ1) is 14.1. The highest BCUT2D eigenvalue weighted by Gasteiger charge is 2.18. The molecule has 0 aliphatic carbocycles. The van der Waals surface area contributed by atoms with E-state index in [0.717, 1.165) is 37.1 Å². The fourth-order valence-corrected chi connectivity index (χ4v) is 3.39. The number of likely N-dealkylation sites (tertiary alicyclic amines) is 1. The van der Waals surface area contributed by atoms with Crippen LogP contribution >= 0.6 is 0 Å². The number of aryl methyl sites for hydroxylation is 1. The van der Waals surface area contributed by atoms with Crippen molar-refractivity contribution in [2.24, 2.45) is 0 Å². The lowest BCUT2D eigenvalue weighted by Gasteiger charge is -2.26. The minimum Gasteiger partial charge on any atom is -0.478 e. The molecule has 0 spiro atoms. The first-order chi connectivity index (χ1) is 10.2. The molecule has 1 saturated heterocycles. The van der Waals surface area contributed by atoms with Crippen molar-refractivity contribution in [3.8, 4) is 0 Å². The molecule has 1 aromatic carbocycles. The van der Waals surface area contributed by atoms with E-state index in [4.69, 9.17) is 0 Å². The van der Waals surface area contributed by atoms with Crippen LogP contribution in [-0.4, -0.2) is 33.6 Å². The van der Waals surface area contributed by atoms with Gasteiger partial charge in [0.05, 0.1) is 11.1 Å². The summed E-state index contributed by atoms with van der Waals surface area (Å²) >= 11 is 0. The summed E-state index contributed by atoms with van der Waals surface area (Å²) in [5, 5.41) is 10.4. The maximum Gasteiger partial charge on any atom is 0.337 e. The van der Waals surface area contributed by atoms with E-state index in [1.54, 1.807) is 6.07 Å². The number of benzene rings is 1.